The van der Waals surface area contributed by atoms with Crippen molar-refractivity contribution in [2.45, 2.75) is 19.7 Å². The number of hydrogen-bond acceptors (Lipinski definition) is 2. The van der Waals surface area contributed by atoms with Crippen LogP contribution in [0.25, 0.3) is 44.0 Å². The summed E-state index contributed by atoms with van der Waals surface area (Å²) < 4.78 is 39.6. The first kappa shape index (κ1) is 11.5. The van der Waals surface area contributed by atoms with E-state index in [1.807, 2.05) is 42.5 Å². The zero-order valence-corrected chi connectivity index (χ0v) is 14.6. The van der Waals surface area contributed by atoms with Gasteiger partial charge in [-0.25, -0.2) is 0 Å². The molecule has 2 heteroatoms. The van der Waals surface area contributed by atoms with Gasteiger partial charge in [-0.2, -0.15) is 0 Å². The average molecular weight is 341 g/mol. The molecule has 0 N–H and O–H groups in total. The molecule has 0 saturated heterocycles. The molecule has 0 radical (unpaired) electrons. The van der Waals surface area contributed by atoms with E-state index in [4.69, 9.17) is 9.90 Å². The van der Waals surface area contributed by atoms with Crippen molar-refractivity contribution in [3.63, 3.8) is 0 Å². The number of fused-ring (bicyclic) bond motifs is 4. The van der Waals surface area contributed by atoms with Gasteiger partial charge in [0.05, 0.1) is 9.81 Å². The highest BCUT2D eigenvalue weighted by atomic mass is 16.3. The summed E-state index contributed by atoms with van der Waals surface area (Å²) in [6.45, 7) is 3.24. The van der Waals surface area contributed by atoms with Gasteiger partial charge in [0.1, 0.15) is 11.2 Å². The molecule has 0 saturated carbocycles. The lowest BCUT2D eigenvalue weighted by molar-refractivity contribution is 0.670. The van der Waals surface area contributed by atoms with Gasteiger partial charge in [0, 0.05) is 23.9 Å². The molecule has 126 valence electrons. The number of pyridine rings is 1. The van der Waals surface area contributed by atoms with E-state index in [9.17, 15) is 0 Å². The van der Waals surface area contributed by atoms with E-state index in [0.29, 0.717) is 11.1 Å². The highest BCUT2D eigenvalue weighted by Gasteiger charge is 2.14. The number of hydrogen-bond donors (Lipinski definition) is 0. The van der Waals surface area contributed by atoms with Crippen LogP contribution < -0.4 is 0 Å². The maximum atomic E-state index is 8.68. The SMILES string of the molecule is [2H]c1nc(-c2cccc3c2oc2cc4ccccc4cc23)c([2H])c(C([2H])(C)C)c1[2H]. The second-order valence-corrected chi connectivity index (χ2v) is 6.68. The lowest BCUT2D eigenvalue weighted by atomic mass is 10.00. The summed E-state index contributed by atoms with van der Waals surface area (Å²) in [5.41, 5.74) is 2.38. The van der Waals surface area contributed by atoms with Crippen LogP contribution in [-0.2, 0) is 0 Å². The van der Waals surface area contributed by atoms with Crippen molar-refractivity contribution in [2.24, 2.45) is 0 Å². The summed E-state index contributed by atoms with van der Waals surface area (Å²) in [7, 11) is 0. The van der Waals surface area contributed by atoms with E-state index in [2.05, 4.69) is 17.1 Å². The molecule has 3 aromatic carbocycles. The van der Waals surface area contributed by atoms with E-state index in [1.54, 1.807) is 13.8 Å². The highest BCUT2D eigenvalue weighted by Crippen LogP contribution is 2.37. The fraction of sp³-hybridized carbons (Fsp3) is 0.125. The van der Waals surface area contributed by atoms with Crippen LogP contribution in [0.3, 0.4) is 0 Å². The third kappa shape index (κ3) is 2.30. The molecule has 0 bridgehead atoms. The van der Waals surface area contributed by atoms with Crippen LogP contribution in [0.15, 0.2) is 77.3 Å². The minimum absolute atomic E-state index is 0.00545. The van der Waals surface area contributed by atoms with Gasteiger partial charge in [0.25, 0.3) is 0 Å². The van der Waals surface area contributed by atoms with Gasteiger partial charge in [0.15, 0.2) is 0 Å². The molecule has 0 spiro atoms. The average Bonchev–Trinajstić information content (AvgIpc) is 3.06. The van der Waals surface area contributed by atoms with Gasteiger partial charge in [-0.15, -0.1) is 0 Å². The van der Waals surface area contributed by atoms with Crippen LogP contribution in [0.4, 0.5) is 0 Å². The minimum atomic E-state index is -1.19. The maximum Gasteiger partial charge on any atom is 0.144 e. The Labute approximate surface area is 157 Å². The largest absolute Gasteiger partial charge is 0.455 e. The molecule has 0 aliphatic rings. The Bertz CT molecular complexity index is 1460. The molecule has 0 aliphatic heterocycles. The summed E-state index contributed by atoms with van der Waals surface area (Å²) in [5.74, 6) is -1.19. The number of aromatic nitrogens is 1. The van der Waals surface area contributed by atoms with Crippen molar-refractivity contribution in [1.82, 2.24) is 4.98 Å². The molecule has 2 heterocycles. The number of rotatable bonds is 2. The number of nitrogens with zero attached hydrogens (tertiary/aromatic N) is 1. The first-order valence-electron chi connectivity index (χ1n) is 10.6. The molecule has 0 aliphatic carbocycles. The van der Waals surface area contributed by atoms with E-state index >= 15 is 0 Å². The predicted octanol–water partition coefficient (Wildman–Crippen LogP) is 6.92. The van der Waals surface area contributed by atoms with Crippen LogP contribution in [0.5, 0.6) is 0 Å². The first-order chi connectivity index (χ1) is 14.3. The topological polar surface area (TPSA) is 26.0 Å². The summed E-state index contributed by atoms with van der Waals surface area (Å²) in [4.78, 5) is 4.24. The Balaban J connectivity index is 1.86. The lowest BCUT2D eigenvalue weighted by Gasteiger charge is -2.07. The third-order valence-electron chi connectivity index (χ3n) is 4.71. The van der Waals surface area contributed by atoms with Gasteiger partial charge >= 0.3 is 0 Å². The molecular formula is C24H19NO. The molecule has 0 unspecified atom stereocenters. The maximum absolute atomic E-state index is 8.68. The highest BCUT2D eigenvalue weighted by molar-refractivity contribution is 6.13. The fourth-order valence-electron chi connectivity index (χ4n) is 3.36. The summed E-state index contributed by atoms with van der Waals surface area (Å²) in [6, 6.07) is 17.7. The number of furan rings is 1. The molecule has 26 heavy (non-hydrogen) atoms. The zero-order valence-electron chi connectivity index (χ0n) is 18.6. The van der Waals surface area contributed by atoms with Crippen LogP contribution in [0, 0.1) is 0 Å². The van der Waals surface area contributed by atoms with E-state index in [1.165, 1.54) is 0 Å². The molecule has 0 fully saturated rings. The molecule has 0 atom stereocenters. The van der Waals surface area contributed by atoms with Crippen LogP contribution in [0.2, 0.25) is 0 Å². The molecule has 2 nitrogen and oxygen atoms in total. The standard InChI is InChI=1S/C24H19NO/c1-15(2)16-10-11-25-22(13-16)20-9-5-8-19-21-12-17-6-3-4-7-18(17)14-23(21)26-24(19)20/h3-15H,1-2H3/i10D,11D,13D,15D. The quantitative estimate of drug-likeness (QED) is 0.348. The molecule has 0 amide bonds. The second kappa shape index (κ2) is 5.70. The van der Waals surface area contributed by atoms with Gasteiger partial charge in [-0.05, 0) is 52.5 Å². The zero-order chi connectivity index (χ0) is 21.2. The first-order valence-corrected chi connectivity index (χ1v) is 8.58. The van der Waals surface area contributed by atoms with Crippen LogP contribution in [-0.4, -0.2) is 4.98 Å². The Hall–Kier alpha value is -3.13. The minimum Gasteiger partial charge on any atom is -0.455 e. The van der Waals surface area contributed by atoms with E-state index < -0.39 is 5.89 Å². The van der Waals surface area contributed by atoms with Crippen molar-refractivity contribution in [3.8, 4) is 11.3 Å². The number of para-hydroxylation sites is 1. The van der Waals surface area contributed by atoms with Crippen molar-refractivity contribution in [1.29, 1.82) is 0 Å². The number of benzene rings is 3. The van der Waals surface area contributed by atoms with Gasteiger partial charge in [-0.3, -0.25) is 4.98 Å². The normalized spacial score (nSPS) is 14.4. The van der Waals surface area contributed by atoms with Crippen LogP contribution in [0.1, 0.15) is 30.8 Å². The van der Waals surface area contributed by atoms with Gasteiger partial charge in [0.2, 0.25) is 0 Å². The molecule has 2 aromatic heterocycles. The monoisotopic (exact) mass is 341 g/mol. The van der Waals surface area contributed by atoms with Gasteiger partial charge in [-0.1, -0.05) is 50.2 Å². The second-order valence-electron chi connectivity index (χ2n) is 6.68. The molecule has 5 rings (SSSR count). The van der Waals surface area contributed by atoms with E-state index in [-0.39, 0.29) is 29.5 Å². The third-order valence-corrected chi connectivity index (χ3v) is 4.71. The molecular weight excluding hydrogens is 318 g/mol. The van der Waals surface area contributed by atoms with E-state index in [0.717, 1.165) is 27.1 Å². The van der Waals surface area contributed by atoms with Crippen molar-refractivity contribution in [2.75, 3.05) is 0 Å². The van der Waals surface area contributed by atoms with Crippen LogP contribution >= 0.6 is 0 Å². The van der Waals surface area contributed by atoms with Gasteiger partial charge < -0.3 is 4.42 Å². The summed E-state index contributed by atoms with van der Waals surface area (Å²) in [6.07, 6.45) is -0.241. The Morgan fingerprint density at radius 1 is 1.00 bits per heavy atom. The Morgan fingerprint density at radius 2 is 1.81 bits per heavy atom. The predicted molar refractivity (Wildman–Crippen MR) is 109 cm³/mol. The Morgan fingerprint density at radius 3 is 2.62 bits per heavy atom. The van der Waals surface area contributed by atoms with Crippen molar-refractivity contribution in [3.05, 3.63) is 78.4 Å². The van der Waals surface area contributed by atoms with Crippen molar-refractivity contribution < 1.29 is 9.90 Å². The summed E-state index contributed by atoms with van der Waals surface area (Å²) in [5, 5.41) is 4.07. The lowest BCUT2D eigenvalue weighted by Crippen LogP contribution is -1.90. The Kier molecular flexibility index (Phi) is 2.52. The fourth-order valence-corrected chi connectivity index (χ4v) is 3.36. The molecule has 5 aromatic rings. The smallest absolute Gasteiger partial charge is 0.144 e. The summed E-state index contributed by atoms with van der Waals surface area (Å²) >= 11 is 0. The van der Waals surface area contributed by atoms with Crippen molar-refractivity contribution >= 4 is 32.7 Å².